The van der Waals surface area contributed by atoms with E-state index in [-0.39, 0.29) is 65.1 Å². The summed E-state index contributed by atoms with van der Waals surface area (Å²) < 4.78 is 22.4. The molecular formula is C52H56N8O9. The van der Waals surface area contributed by atoms with Crippen molar-refractivity contribution in [3.05, 3.63) is 88.4 Å². The summed E-state index contributed by atoms with van der Waals surface area (Å²) in [5, 5.41) is 5.94. The number of carbonyl (C=O) groups is 4. The van der Waals surface area contributed by atoms with Gasteiger partial charge in [-0.25, -0.2) is 19.6 Å². The number of nitrogens with one attached hydrogen (secondary N) is 4. The highest BCUT2D eigenvalue weighted by atomic mass is 16.5. The van der Waals surface area contributed by atoms with Crippen LogP contribution in [-0.2, 0) is 25.7 Å². The van der Waals surface area contributed by atoms with Gasteiger partial charge >= 0.3 is 12.2 Å². The molecular weight excluding hydrogens is 881 g/mol. The van der Waals surface area contributed by atoms with Gasteiger partial charge < -0.3 is 49.0 Å². The number of nitrogens with zero attached hydrogens (tertiary/aromatic N) is 4. The smallest absolute Gasteiger partial charge is 0.407 e. The van der Waals surface area contributed by atoms with E-state index in [2.05, 4.69) is 20.6 Å². The number of hydrogen-bond donors (Lipinski definition) is 4. The summed E-state index contributed by atoms with van der Waals surface area (Å²) in [4.78, 5) is 87.4. The highest BCUT2D eigenvalue weighted by molar-refractivity contribution is 5.91. The van der Waals surface area contributed by atoms with Gasteiger partial charge in [-0.3, -0.25) is 14.4 Å². The van der Waals surface area contributed by atoms with Crippen LogP contribution in [0.25, 0.3) is 55.5 Å². The molecule has 358 valence electrons. The van der Waals surface area contributed by atoms with Crippen LogP contribution in [0.2, 0.25) is 0 Å². The minimum Gasteiger partial charge on any atom is -0.485 e. The summed E-state index contributed by atoms with van der Waals surface area (Å²) in [5.74, 6) is 2.08. The van der Waals surface area contributed by atoms with Gasteiger partial charge in [0.15, 0.2) is 5.76 Å². The maximum absolute atomic E-state index is 14.3. The van der Waals surface area contributed by atoms with Crippen LogP contribution in [0.4, 0.5) is 9.59 Å². The van der Waals surface area contributed by atoms with Crippen LogP contribution in [-0.4, -0.2) is 92.6 Å². The van der Waals surface area contributed by atoms with Crippen LogP contribution in [0, 0.1) is 23.2 Å². The first kappa shape index (κ1) is 44.3. The van der Waals surface area contributed by atoms with Gasteiger partial charge in [0.05, 0.1) is 60.2 Å². The van der Waals surface area contributed by atoms with Gasteiger partial charge in [-0.15, -0.1) is 0 Å². The topological polar surface area (TPSA) is 214 Å². The quantitative estimate of drug-likeness (QED) is 0.103. The predicted octanol–water partition coefficient (Wildman–Crippen LogP) is 8.15. The Balaban J connectivity index is 0.838. The number of carbonyl (C=O) groups excluding carboxylic acids is 4. The lowest BCUT2D eigenvalue weighted by atomic mass is 9.95. The third-order valence-electron chi connectivity index (χ3n) is 15.3. The molecule has 5 aliphatic rings. The number of hydrogen-bond acceptors (Lipinski definition) is 11. The van der Waals surface area contributed by atoms with E-state index in [9.17, 15) is 24.0 Å². The van der Waals surface area contributed by atoms with Crippen LogP contribution in [0.15, 0.2) is 70.0 Å². The van der Waals surface area contributed by atoms with Crippen molar-refractivity contribution in [2.24, 2.45) is 23.2 Å². The van der Waals surface area contributed by atoms with E-state index >= 15 is 0 Å². The summed E-state index contributed by atoms with van der Waals surface area (Å²) >= 11 is 0. The standard InChI is InChI=1S/C52H56N8O9/c1-25(2)42(57-50(64)66-5)48(62)59-24-52(15-16-52)21-37(59)46-53-22-36(56-46)29-9-12-32-38(20-29)68-23-40-41(32)45(61)33-13-8-28(19-39(33)69-40)27-10-14-34-35(18-27)55-47(54-34)44-30-7-11-31(17-30)60(44)49(63)43(26(3)4)58-51(65)67-6/h8-10,12-14,18-20,22,25-26,30-31,37,42-44H,7,11,15-17,21,23-24H2,1-6H3,(H,53,56)(H,54,55)(H,57,64)(H,58,65)/t30?,31?,37-,42-,43-,44-/m0/s1. The van der Waals surface area contributed by atoms with Crippen molar-refractivity contribution in [3.8, 4) is 39.3 Å². The molecule has 11 rings (SSSR count). The van der Waals surface area contributed by atoms with E-state index in [4.69, 9.17) is 28.6 Å². The Morgan fingerprint density at radius 1 is 0.841 bits per heavy atom. The average Bonchev–Trinajstić information content (AvgIpc) is 3.95. The van der Waals surface area contributed by atoms with Crippen LogP contribution in [0.1, 0.15) is 95.7 Å². The fraction of sp³-hybridized carbons (Fsp3) is 0.442. The average molecular weight is 937 g/mol. The van der Waals surface area contributed by atoms with E-state index in [0.717, 1.165) is 77.8 Å². The Labute approximate surface area is 397 Å². The number of fused-ring (bicyclic) bond motifs is 7. The van der Waals surface area contributed by atoms with E-state index < -0.39 is 24.3 Å². The van der Waals surface area contributed by atoms with Crippen LogP contribution in [0.3, 0.4) is 0 Å². The predicted molar refractivity (Wildman–Crippen MR) is 255 cm³/mol. The fourth-order valence-corrected chi connectivity index (χ4v) is 11.4. The molecule has 3 aromatic carbocycles. The maximum Gasteiger partial charge on any atom is 0.407 e. The number of piperidine rings is 1. The first-order chi connectivity index (χ1) is 33.2. The molecule has 4 fully saturated rings. The minimum absolute atomic E-state index is 0.0635. The Morgan fingerprint density at radius 3 is 2.28 bits per heavy atom. The number of H-pyrrole nitrogens is 2. The Hall–Kier alpha value is -7.17. The zero-order valence-corrected chi connectivity index (χ0v) is 39.5. The van der Waals surface area contributed by atoms with Crippen LogP contribution in [0.5, 0.6) is 5.75 Å². The van der Waals surface area contributed by atoms with Gasteiger partial charge in [0.2, 0.25) is 17.2 Å². The molecule has 2 unspecified atom stereocenters. The second-order valence-corrected chi connectivity index (χ2v) is 20.3. The molecule has 6 atom stereocenters. The van der Waals surface area contributed by atoms with E-state index in [1.54, 1.807) is 12.3 Å². The van der Waals surface area contributed by atoms with Crippen molar-refractivity contribution in [2.45, 2.75) is 103 Å². The highest BCUT2D eigenvalue weighted by Crippen LogP contribution is 2.58. The number of benzene rings is 3. The summed E-state index contributed by atoms with van der Waals surface area (Å²) in [6.07, 6.45) is 6.17. The van der Waals surface area contributed by atoms with Crippen LogP contribution >= 0.6 is 0 Å². The molecule has 2 saturated carbocycles. The largest absolute Gasteiger partial charge is 0.485 e. The number of aromatic amines is 2. The van der Waals surface area contributed by atoms with E-state index in [1.807, 2.05) is 86.0 Å². The molecule has 69 heavy (non-hydrogen) atoms. The van der Waals surface area contributed by atoms with Crippen molar-refractivity contribution in [3.63, 3.8) is 0 Å². The summed E-state index contributed by atoms with van der Waals surface area (Å²) in [6.45, 7) is 8.30. The SMILES string of the molecule is COC(=O)N[C@H](C(=O)N1CC2(CC2)C[C@H]1c1ncc(-c2ccc3c(c2)OCc2oc4cc(-c5ccc6nc([C@@H]7C8CCC(C8)N7C(=O)[C@@H](NC(=O)OC)C(C)C)[nH]c6c5)ccc4c(=O)c2-3)[nH]1)C(C)C. The molecule has 6 aromatic rings. The van der Waals surface area contributed by atoms with Crippen molar-refractivity contribution < 1.29 is 37.8 Å². The van der Waals surface area contributed by atoms with Crippen molar-refractivity contribution >= 4 is 46.0 Å². The number of ether oxygens (including phenoxy) is 3. The normalized spacial score (nSPS) is 21.6. The molecule has 4 N–H and O–H groups in total. The first-order valence-corrected chi connectivity index (χ1v) is 24.0. The van der Waals surface area contributed by atoms with Crippen molar-refractivity contribution in [2.75, 3.05) is 20.8 Å². The maximum atomic E-state index is 14.3. The molecule has 6 heterocycles. The molecule has 2 bridgehead atoms. The Bertz CT molecular complexity index is 3130. The van der Waals surface area contributed by atoms with Crippen molar-refractivity contribution in [1.29, 1.82) is 0 Å². The molecule has 1 spiro atoms. The Kier molecular flexibility index (Phi) is 10.8. The third-order valence-corrected chi connectivity index (χ3v) is 15.3. The van der Waals surface area contributed by atoms with Gasteiger partial charge in [0, 0.05) is 23.7 Å². The number of methoxy groups -OCH3 is 2. The molecule has 4 amide bonds. The molecule has 3 aromatic heterocycles. The summed E-state index contributed by atoms with van der Waals surface area (Å²) in [6, 6.07) is 15.4. The second kappa shape index (κ2) is 16.8. The molecule has 2 saturated heterocycles. The highest BCUT2D eigenvalue weighted by Gasteiger charge is 2.55. The van der Waals surface area contributed by atoms with Crippen LogP contribution < -0.4 is 20.8 Å². The Morgan fingerprint density at radius 2 is 1.55 bits per heavy atom. The first-order valence-electron chi connectivity index (χ1n) is 24.0. The number of likely N-dealkylation sites (tertiary alicyclic amines) is 2. The summed E-state index contributed by atoms with van der Waals surface area (Å²) in [7, 11) is 2.58. The van der Waals surface area contributed by atoms with E-state index in [0.29, 0.717) is 46.0 Å². The number of alkyl carbamates (subject to hydrolysis) is 2. The molecule has 17 nitrogen and oxygen atoms in total. The second-order valence-electron chi connectivity index (χ2n) is 20.3. The molecule has 17 heteroatoms. The number of aromatic nitrogens is 4. The molecule has 0 radical (unpaired) electrons. The number of rotatable bonds is 10. The zero-order valence-electron chi connectivity index (χ0n) is 39.5. The van der Waals surface area contributed by atoms with Gasteiger partial charge in [-0.2, -0.15) is 0 Å². The molecule has 3 aliphatic heterocycles. The third kappa shape index (κ3) is 7.66. The zero-order chi connectivity index (χ0) is 48.0. The summed E-state index contributed by atoms with van der Waals surface area (Å²) in [5.41, 5.74) is 6.35. The number of amides is 4. The van der Waals surface area contributed by atoms with Crippen molar-refractivity contribution in [1.82, 2.24) is 40.4 Å². The lowest BCUT2D eigenvalue weighted by Crippen LogP contribution is -2.54. The lowest BCUT2D eigenvalue weighted by molar-refractivity contribution is -0.139. The van der Waals surface area contributed by atoms with Gasteiger partial charge in [0.25, 0.3) is 0 Å². The fourth-order valence-electron chi connectivity index (χ4n) is 11.4. The van der Waals surface area contributed by atoms with E-state index in [1.165, 1.54) is 14.2 Å². The van der Waals surface area contributed by atoms with Gasteiger partial charge in [-0.05, 0) is 109 Å². The molecule has 2 aliphatic carbocycles. The monoisotopic (exact) mass is 936 g/mol. The number of imidazole rings is 2. The minimum atomic E-state index is -0.734. The lowest BCUT2D eigenvalue weighted by Gasteiger charge is -2.37. The van der Waals surface area contributed by atoms with Gasteiger partial charge in [-0.1, -0.05) is 45.9 Å². The van der Waals surface area contributed by atoms with Gasteiger partial charge in [0.1, 0.15) is 41.7 Å².